The molecule has 1 aromatic rings. The highest BCUT2D eigenvalue weighted by Gasteiger charge is 2.28. The molecule has 0 unspecified atom stereocenters. The molecule has 0 saturated carbocycles. The highest BCUT2D eigenvalue weighted by Crippen LogP contribution is 2.32. The third kappa shape index (κ3) is 1.92. The molecule has 14 heavy (non-hydrogen) atoms. The molecule has 0 atom stereocenters. The first-order chi connectivity index (χ1) is 6.75. The molecule has 1 aliphatic rings. The average Bonchev–Trinajstić information content (AvgIpc) is 2.57. The maximum absolute atomic E-state index is 5.55. The van der Waals surface area contributed by atoms with Gasteiger partial charge in [-0.1, -0.05) is 32.1 Å². The van der Waals surface area contributed by atoms with Gasteiger partial charge in [-0.25, -0.2) is 0 Å². The summed E-state index contributed by atoms with van der Waals surface area (Å²) in [7, 11) is -0.255. The molecule has 1 heterocycles. The molecule has 0 saturated heterocycles. The summed E-state index contributed by atoms with van der Waals surface area (Å²) < 4.78 is 11.1. The molecule has 0 fully saturated rings. The van der Waals surface area contributed by atoms with Crippen molar-refractivity contribution >= 4 is 7.12 Å². The van der Waals surface area contributed by atoms with Gasteiger partial charge in [-0.3, -0.25) is 0 Å². The van der Waals surface area contributed by atoms with E-state index in [1.54, 1.807) is 0 Å². The number of benzene rings is 1. The van der Waals surface area contributed by atoms with Gasteiger partial charge in [-0.2, -0.15) is 0 Å². The van der Waals surface area contributed by atoms with Crippen molar-refractivity contribution < 1.29 is 9.31 Å². The third-order valence-electron chi connectivity index (χ3n) is 1.99. The number of hydrogen-bond donors (Lipinski definition) is 0. The Morgan fingerprint density at radius 2 is 1.71 bits per heavy atom. The number of rotatable bonds is 2. The quantitative estimate of drug-likeness (QED) is 0.664. The Morgan fingerprint density at radius 3 is 2.21 bits per heavy atom. The zero-order valence-electron chi connectivity index (χ0n) is 8.44. The van der Waals surface area contributed by atoms with Crippen LogP contribution in [0.25, 0.3) is 0 Å². The standard InChI is InChI=1S/C11H13BO2/c1-9(2)7-8-12-13-10-5-3-4-6-11(10)14-12/h3-9H,1-2H3/b8-7+. The van der Waals surface area contributed by atoms with Gasteiger partial charge in [0, 0.05) is 0 Å². The Morgan fingerprint density at radius 1 is 1.14 bits per heavy atom. The van der Waals surface area contributed by atoms with Crippen molar-refractivity contribution in [2.75, 3.05) is 0 Å². The van der Waals surface area contributed by atoms with E-state index in [-0.39, 0.29) is 7.12 Å². The van der Waals surface area contributed by atoms with Gasteiger partial charge in [0.2, 0.25) is 0 Å². The molecule has 72 valence electrons. The summed E-state index contributed by atoms with van der Waals surface area (Å²) in [4.78, 5) is 0. The maximum Gasteiger partial charge on any atom is 0.624 e. The van der Waals surface area contributed by atoms with Crippen LogP contribution in [-0.4, -0.2) is 7.12 Å². The molecule has 0 amide bonds. The summed E-state index contributed by atoms with van der Waals surface area (Å²) in [6.45, 7) is 4.25. The van der Waals surface area contributed by atoms with Crippen molar-refractivity contribution in [2.45, 2.75) is 13.8 Å². The second-order valence-electron chi connectivity index (χ2n) is 3.68. The Labute approximate surface area is 84.7 Å². The number of allylic oxidation sites excluding steroid dienone is 1. The monoisotopic (exact) mass is 188 g/mol. The van der Waals surface area contributed by atoms with E-state index in [2.05, 4.69) is 19.9 Å². The van der Waals surface area contributed by atoms with E-state index >= 15 is 0 Å². The lowest BCUT2D eigenvalue weighted by atomic mass is 9.89. The van der Waals surface area contributed by atoms with Crippen LogP contribution in [0.15, 0.2) is 36.3 Å². The molecule has 0 radical (unpaired) electrons. The number of fused-ring (bicyclic) bond motifs is 1. The largest absolute Gasteiger partial charge is 0.624 e. The summed E-state index contributed by atoms with van der Waals surface area (Å²) in [5, 5.41) is 0. The van der Waals surface area contributed by atoms with Gasteiger partial charge in [0.25, 0.3) is 0 Å². The third-order valence-corrected chi connectivity index (χ3v) is 1.99. The van der Waals surface area contributed by atoms with Crippen LogP contribution in [0, 0.1) is 5.92 Å². The molecule has 3 heteroatoms. The van der Waals surface area contributed by atoms with Crippen LogP contribution in [0.2, 0.25) is 0 Å². The second kappa shape index (κ2) is 3.78. The minimum absolute atomic E-state index is 0.255. The Hall–Kier alpha value is -1.38. The normalized spacial score (nSPS) is 14.4. The van der Waals surface area contributed by atoms with E-state index < -0.39 is 0 Å². The first-order valence-corrected chi connectivity index (χ1v) is 4.86. The van der Waals surface area contributed by atoms with Gasteiger partial charge in [0.1, 0.15) is 11.5 Å². The summed E-state index contributed by atoms with van der Waals surface area (Å²) in [6, 6.07) is 7.71. The van der Waals surface area contributed by atoms with Crippen molar-refractivity contribution in [3.63, 3.8) is 0 Å². The zero-order chi connectivity index (χ0) is 9.97. The van der Waals surface area contributed by atoms with Gasteiger partial charge < -0.3 is 9.31 Å². The van der Waals surface area contributed by atoms with Crippen molar-refractivity contribution in [1.29, 1.82) is 0 Å². The molecular weight excluding hydrogens is 175 g/mol. The van der Waals surface area contributed by atoms with E-state index in [1.165, 1.54) is 0 Å². The lowest BCUT2D eigenvalue weighted by Crippen LogP contribution is -2.21. The van der Waals surface area contributed by atoms with Gasteiger partial charge in [0.05, 0.1) is 0 Å². The summed E-state index contributed by atoms with van der Waals surface area (Å²) in [5.41, 5.74) is 0. The minimum Gasteiger partial charge on any atom is -0.520 e. The van der Waals surface area contributed by atoms with E-state index in [4.69, 9.17) is 9.31 Å². The Kier molecular flexibility index (Phi) is 2.48. The number of hydrogen-bond acceptors (Lipinski definition) is 2. The molecule has 0 aromatic heterocycles. The van der Waals surface area contributed by atoms with Crippen molar-refractivity contribution in [3.05, 3.63) is 36.3 Å². The fourth-order valence-corrected chi connectivity index (χ4v) is 1.31. The van der Waals surface area contributed by atoms with E-state index in [1.807, 2.05) is 30.2 Å². The molecular formula is C11H13BO2. The van der Waals surface area contributed by atoms with Crippen LogP contribution in [0.4, 0.5) is 0 Å². The van der Waals surface area contributed by atoms with Gasteiger partial charge in [-0.05, 0) is 24.0 Å². The summed E-state index contributed by atoms with van der Waals surface area (Å²) in [6.07, 6.45) is 2.08. The molecule has 0 bridgehead atoms. The van der Waals surface area contributed by atoms with Gasteiger partial charge in [-0.15, -0.1) is 0 Å². The lowest BCUT2D eigenvalue weighted by molar-refractivity contribution is 0.516. The van der Waals surface area contributed by atoms with Gasteiger partial charge in [0.15, 0.2) is 0 Å². The minimum atomic E-state index is -0.255. The molecule has 1 aromatic carbocycles. The van der Waals surface area contributed by atoms with Crippen LogP contribution >= 0.6 is 0 Å². The lowest BCUT2D eigenvalue weighted by Gasteiger charge is -1.98. The van der Waals surface area contributed by atoms with Crippen LogP contribution in [-0.2, 0) is 0 Å². The first kappa shape index (κ1) is 9.19. The maximum atomic E-state index is 5.55. The van der Waals surface area contributed by atoms with Crippen molar-refractivity contribution in [3.8, 4) is 11.5 Å². The average molecular weight is 188 g/mol. The molecule has 2 nitrogen and oxygen atoms in total. The smallest absolute Gasteiger partial charge is 0.520 e. The van der Waals surface area contributed by atoms with Crippen molar-refractivity contribution in [2.24, 2.45) is 5.92 Å². The molecule has 0 spiro atoms. The highest BCUT2D eigenvalue weighted by molar-refractivity contribution is 6.53. The van der Waals surface area contributed by atoms with E-state index in [9.17, 15) is 0 Å². The fraction of sp³-hybridized carbons (Fsp3) is 0.273. The summed E-state index contributed by atoms with van der Waals surface area (Å²) in [5.74, 6) is 4.12. The predicted octanol–water partition coefficient (Wildman–Crippen LogP) is 2.70. The Balaban J connectivity index is 2.05. The van der Waals surface area contributed by atoms with Crippen LogP contribution in [0.3, 0.4) is 0 Å². The van der Waals surface area contributed by atoms with Crippen LogP contribution < -0.4 is 9.31 Å². The molecule has 0 aliphatic carbocycles. The van der Waals surface area contributed by atoms with Gasteiger partial charge >= 0.3 is 7.12 Å². The van der Waals surface area contributed by atoms with Crippen LogP contribution in [0.5, 0.6) is 11.5 Å². The second-order valence-corrected chi connectivity index (χ2v) is 3.68. The van der Waals surface area contributed by atoms with E-state index in [0.29, 0.717) is 5.92 Å². The summed E-state index contributed by atoms with van der Waals surface area (Å²) >= 11 is 0. The molecule has 2 rings (SSSR count). The fourth-order valence-electron chi connectivity index (χ4n) is 1.31. The Bertz CT molecular complexity index is 322. The highest BCUT2D eigenvalue weighted by atomic mass is 16.6. The van der Waals surface area contributed by atoms with Crippen LogP contribution in [0.1, 0.15) is 13.8 Å². The molecule has 0 N–H and O–H groups in total. The first-order valence-electron chi connectivity index (χ1n) is 4.86. The predicted molar refractivity (Wildman–Crippen MR) is 57.4 cm³/mol. The molecule has 1 aliphatic heterocycles. The van der Waals surface area contributed by atoms with E-state index in [0.717, 1.165) is 11.5 Å². The number of para-hydroxylation sites is 2. The topological polar surface area (TPSA) is 18.5 Å². The van der Waals surface area contributed by atoms with Crippen molar-refractivity contribution in [1.82, 2.24) is 0 Å². The zero-order valence-corrected chi connectivity index (χ0v) is 8.44. The SMILES string of the molecule is CC(C)/C=C/B1Oc2ccccc2O1.